The Balaban J connectivity index is 3.06. The van der Waals surface area contributed by atoms with E-state index in [4.69, 9.17) is 5.73 Å². The Morgan fingerprint density at radius 2 is 1.05 bits per heavy atom. The van der Waals surface area contributed by atoms with Crippen LogP contribution in [0.25, 0.3) is 0 Å². The summed E-state index contributed by atoms with van der Waals surface area (Å²) in [5, 5.41) is 0. The van der Waals surface area contributed by atoms with Crippen LogP contribution in [0.15, 0.2) is 0 Å². The van der Waals surface area contributed by atoms with Crippen molar-refractivity contribution in [1.29, 1.82) is 0 Å². The van der Waals surface area contributed by atoms with Gasteiger partial charge in [-0.1, -0.05) is 0 Å². The molecule has 0 aromatic carbocycles. The summed E-state index contributed by atoms with van der Waals surface area (Å²) in [6.45, 7) is 0. The van der Waals surface area contributed by atoms with Crippen molar-refractivity contribution in [2.45, 2.75) is 55.7 Å². The Morgan fingerprint density at radius 3 is 1.40 bits per heavy atom. The molecule has 20 heavy (non-hydrogen) atoms. The summed E-state index contributed by atoms with van der Waals surface area (Å²) in [4.78, 5) is 0. The van der Waals surface area contributed by atoms with Crippen molar-refractivity contribution in [3.05, 3.63) is 0 Å². The number of hydrogen-bond acceptors (Lipinski definition) is 1. The minimum atomic E-state index is -6.80. The molecular weight excluding hydrogens is 305 g/mol. The van der Waals surface area contributed by atoms with Gasteiger partial charge in [0, 0.05) is 12.0 Å². The van der Waals surface area contributed by atoms with Crippen molar-refractivity contribution in [3.63, 3.8) is 0 Å². The third-order valence-corrected chi connectivity index (χ3v) is 3.45. The zero-order valence-electron chi connectivity index (χ0n) is 9.96. The van der Waals surface area contributed by atoms with Gasteiger partial charge in [0.25, 0.3) is 0 Å². The van der Waals surface area contributed by atoms with Crippen molar-refractivity contribution < 1.29 is 39.5 Å². The van der Waals surface area contributed by atoms with Gasteiger partial charge in [0.1, 0.15) is 0 Å². The van der Waals surface area contributed by atoms with Gasteiger partial charge >= 0.3 is 23.9 Å². The highest BCUT2D eigenvalue weighted by Gasteiger charge is 2.82. The second kappa shape index (κ2) is 4.96. The van der Waals surface area contributed by atoms with Gasteiger partial charge in [0.05, 0.1) is 0 Å². The lowest BCUT2D eigenvalue weighted by Gasteiger charge is -2.39. The van der Waals surface area contributed by atoms with E-state index < -0.39 is 48.7 Å². The summed E-state index contributed by atoms with van der Waals surface area (Å²) in [5.41, 5.74) is 5.34. The van der Waals surface area contributed by atoms with E-state index in [1.165, 1.54) is 0 Å². The number of nitrogens with two attached hydrogens (primary N) is 1. The third-order valence-electron chi connectivity index (χ3n) is 3.45. The van der Waals surface area contributed by atoms with Crippen molar-refractivity contribution in [3.8, 4) is 0 Å². The molecule has 0 amide bonds. The molecule has 0 aliphatic heterocycles. The smallest absolute Gasteiger partial charge is 0.328 e. The predicted molar refractivity (Wildman–Crippen MR) is 50.8 cm³/mol. The van der Waals surface area contributed by atoms with Gasteiger partial charge in [0.15, 0.2) is 0 Å². The molecule has 1 saturated carbocycles. The van der Waals surface area contributed by atoms with Crippen LogP contribution in [0.5, 0.6) is 0 Å². The summed E-state index contributed by atoms with van der Waals surface area (Å²) in [5.74, 6) is -21.0. The molecule has 1 rings (SSSR count). The van der Waals surface area contributed by atoms with Gasteiger partial charge < -0.3 is 5.73 Å². The van der Waals surface area contributed by atoms with Crippen molar-refractivity contribution in [2.75, 3.05) is 0 Å². The summed E-state index contributed by atoms with van der Waals surface area (Å²) in [7, 11) is 0. The lowest BCUT2D eigenvalue weighted by molar-refractivity contribution is -0.404. The molecule has 2 N–H and O–H groups in total. The first kappa shape index (κ1) is 17.4. The maximum absolute atomic E-state index is 13.5. The van der Waals surface area contributed by atoms with Gasteiger partial charge in [-0.05, 0) is 25.7 Å². The Kier molecular flexibility index (Phi) is 4.31. The van der Waals surface area contributed by atoms with Gasteiger partial charge in [-0.25, -0.2) is 0 Å². The Bertz CT molecular complexity index is 341. The molecule has 10 heteroatoms. The van der Waals surface area contributed by atoms with Crippen LogP contribution in [-0.4, -0.2) is 30.0 Å². The summed E-state index contributed by atoms with van der Waals surface area (Å²) in [6.07, 6.45) is -8.28. The molecule has 0 saturated heterocycles. The fourth-order valence-electron chi connectivity index (χ4n) is 2.13. The lowest BCUT2D eigenvalue weighted by Crippen LogP contribution is -2.63. The molecule has 0 aromatic heterocycles. The standard InChI is InChI=1S/C10H12F9N/c11-7(12,5-1-3-6(20)4-2-5)8(13,14)9(15,16)10(17,18)19/h5-6H,1-4,20H2/t5-,6-. The van der Waals surface area contributed by atoms with Crippen LogP contribution in [0, 0.1) is 5.92 Å². The van der Waals surface area contributed by atoms with Gasteiger partial charge in [-0.2, -0.15) is 39.5 Å². The van der Waals surface area contributed by atoms with E-state index in [1.807, 2.05) is 0 Å². The number of rotatable bonds is 3. The third kappa shape index (κ3) is 2.58. The Hall–Kier alpha value is -0.670. The second-order valence-corrected chi connectivity index (χ2v) is 4.88. The van der Waals surface area contributed by atoms with Crippen molar-refractivity contribution >= 4 is 0 Å². The zero-order chi connectivity index (χ0) is 16.0. The van der Waals surface area contributed by atoms with Crippen molar-refractivity contribution in [2.24, 2.45) is 11.7 Å². The zero-order valence-corrected chi connectivity index (χ0v) is 9.96. The lowest BCUT2D eigenvalue weighted by atomic mass is 9.79. The molecule has 1 aliphatic carbocycles. The number of halogens is 9. The highest BCUT2D eigenvalue weighted by atomic mass is 19.4. The van der Waals surface area contributed by atoms with E-state index in [2.05, 4.69) is 0 Å². The van der Waals surface area contributed by atoms with Crippen LogP contribution < -0.4 is 5.73 Å². The minimum Gasteiger partial charge on any atom is -0.328 e. The molecule has 1 aliphatic rings. The minimum absolute atomic E-state index is 0.131. The maximum Gasteiger partial charge on any atom is 0.460 e. The molecule has 0 bridgehead atoms. The highest BCUT2D eigenvalue weighted by molar-refractivity contribution is 5.03. The predicted octanol–water partition coefficient (Wildman–Crippen LogP) is 3.97. The van der Waals surface area contributed by atoms with E-state index in [0.29, 0.717) is 0 Å². The molecule has 0 aromatic rings. The molecule has 0 atom stereocenters. The van der Waals surface area contributed by atoms with Gasteiger partial charge in [-0.15, -0.1) is 0 Å². The van der Waals surface area contributed by atoms with Crippen LogP contribution in [0.4, 0.5) is 39.5 Å². The van der Waals surface area contributed by atoms with E-state index in [0.717, 1.165) is 0 Å². The van der Waals surface area contributed by atoms with E-state index in [1.54, 1.807) is 0 Å². The molecular formula is C10H12F9N. The van der Waals surface area contributed by atoms with Crippen LogP contribution in [-0.2, 0) is 0 Å². The van der Waals surface area contributed by atoms with Gasteiger partial charge in [-0.3, -0.25) is 0 Å². The monoisotopic (exact) mass is 317 g/mol. The van der Waals surface area contributed by atoms with Crippen LogP contribution in [0.1, 0.15) is 25.7 Å². The first-order valence-electron chi connectivity index (χ1n) is 5.71. The summed E-state index contributed by atoms with van der Waals surface area (Å²) in [6, 6.07) is -0.543. The number of hydrogen-bond donors (Lipinski definition) is 1. The fraction of sp³-hybridized carbons (Fsp3) is 1.00. The van der Waals surface area contributed by atoms with Crippen LogP contribution in [0.3, 0.4) is 0 Å². The Morgan fingerprint density at radius 1 is 0.650 bits per heavy atom. The molecule has 1 nitrogen and oxygen atoms in total. The quantitative estimate of drug-likeness (QED) is 0.783. The first-order valence-corrected chi connectivity index (χ1v) is 5.71. The number of alkyl halides is 9. The second-order valence-electron chi connectivity index (χ2n) is 4.88. The SMILES string of the molecule is N[C@H]1CC[C@H](C(F)(F)C(F)(F)C(F)(F)C(F)(F)F)CC1. The average molecular weight is 317 g/mol. The fourth-order valence-corrected chi connectivity index (χ4v) is 2.13. The van der Waals surface area contributed by atoms with Gasteiger partial charge in [0.2, 0.25) is 0 Å². The molecule has 1 fully saturated rings. The molecule has 0 unspecified atom stereocenters. The van der Waals surface area contributed by atoms with E-state index in [9.17, 15) is 39.5 Å². The molecule has 120 valence electrons. The normalized spacial score (nSPS) is 26.7. The largest absolute Gasteiger partial charge is 0.460 e. The van der Waals surface area contributed by atoms with Crippen LogP contribution >= 0.6 is 0 Å². The topological polar surface area (TPSA) is 26.0 Å². The molecule has 0 heterocycles. The first-order chi connectivity index (χ1) is 8.75. The summed E-state index contributed by atoms with van der Waals surface area (Å²) >= 11 is 0. The van der Waals surface area contributed by atoms with E-state index >= 15 is 0 Å². The van der Waals surface area contributed by atoms with Crippen molar-refractivity contribution in [1.82, 2.24) is 0 Å². The molecule has 0 radical (unpaired) electrons. The summed E-state index contributed by atoms with van der Waals surface area (Å²) < 4.78 is 114. The average Bonchev–Trinajstić information content (AvgIpc) is 2.27. The maximum atomic E-state index is 13.5. The molecule has 0 spiro atoms. The van der Waals surface area contributed by atoms with E-state index in [-0.39, 0.29) is 12.8 Å². The Labute approximate surface area is 108 Å². The van der Waals surface area contributed by atoms with Crippen LogP contribution in [0.2, 0.25) is 0 Å². The highest BCUT2D eigenvalue weighted by Crippen LogP contribution is 2.56.